The number of urea groups is 1. The lowest BCUT2D eigenvalue weighted by atomic mass is 9.69. The third-order valence-corrected chi connectivity index (χ3v) is 6.43. The van der Waals surface area contributed by atoms with E-state index in [0.29, 0.717) is 17.9 Å². The van der Waals surface area contributed by atoms with Crippen LogP contribution >= 0.6 is 0 Å². The summed E-state index contributed by atoms with van der Waals surface area (Å²) in [6, 6.07) is 16.1. The second-order valence-electron chi connectivity index (χ2n) is 8.11. The van der Waals surface area contributed by atoms with Crippen LogP contribution in [-0.4, -0.2) is 42.1 Å². The Labute approximate surface area is 165 Å². The van der Waals surface area contributed by atoms with Crippen LogP contribution in [0, 0.1) is 11.3 Å². The fraction of sp³-hybridized carbons (Fsp3) is 0.409. The van der Waals surface area contributed by atoms with Crippen LogP contribution in [0.25, 0.3) is 0 Å². The van der Waals surface area contributed by atoms with Crippen LogP contribution in [0.4, 0.5) is 10.6 Å². The molecule has 6 nitrogen and oxygen atoms in total. The van der Waals surface area contributed by atoms with Gasteiger partial charge in [0.1, 0.15) is 11.9 Å². The average Bonchev–Trinajstić information content (AvgIpc) is 3.05. The molecule has 1 aliphatic carbocycles. The highest BCUT2D eigenvalue weighted by Crippen LogP contribution is 2.46. The second-order valence-corrected chi connectivity index (χ2v) is 8.11. The van der Waals surface area contributed by atoms with Crippen molar-refractivity contribution in [1.29, 1.82) is 5.26 Å². The highest BCUT2D eigenvalue weighted by molar-refractivity contribution is 5.94. The Kier molecular flexibility index (Phi) is 4.56. The molecule has 28 heavy (non-hydrogen) atoms. The number of benzene rings is 1. The van der Waals surface area contributed by atoms with Crippen molar-refractivity contribution < 1.29 is 4.79 Å². The summed E-state index contributed by atoms with van der Waals surface area (Å²) in [6.07, 6.45) is 5.32. The summed E-state index contributed by atoms with van der Waals surface area (Å²) in [6.45, 7) is 0.614. The normalized spacial score (nSPS) is 27.1. The first kappa shape index (κ1) is 18.5. The number of anilines is 1. The zero-order valence-corrected chi connectivity index (χ0v) is 16.4. The van der Waals surface area contributed by atoms with Gasteiger partial charge < -0.3 is 5.32 Å². The number of nitriles is 1. The third-order valence-electron chi connectivity index (χ3n) is 6.43. The topological polar surface area (TPSA) is 72.3 Å². The smallest absolute Gasteiger partial charge is 0.323 e. The van der Waals surface area contributed by atoms with Crippen LogP contribution in [0.15, 0.2) is 48.7 Å². The number of aromatic nitrogens is 1. The number of nitrogens with zero attached hydrogens (tertiary/aromatic N) is 4. The third kappa shape index (κ3) is 3.02. The van der Waals surface area contributed by atoms with Gasteiger partial charge in [0.15, 0.2) is 0 Å². The Bertz CT molecular complexity index is 893. The van der Waals surface area contributed by atoms with Gasteiger partial charge in [0, 0.05) is 11.7 Å². The van der Waals surface area contributed by atoms with E-state index in [-0.39, 0.29) is 17.1 Å². The van der Waals surface area contributed by atoms with E-state index in [1.807, 2.05) is 0 Å². The molecule has 4 rings (SSSR count). The van der Waals surface area contributed by atoms with Crippen molar-refractivity contribution in [2.24, 2.45) is 0 Å². The largest absolute Gasteiger partial charge is 0.330 e. The zero-order chi connectivity index (χ0) is 19.8. The summed E-state index contributed by atoms with van der Waals surface area (Å²) < 4.78 is 0. The molecule has 2 fully saturated rings. The number of amides is 2. The number of rotatable bonds is 3. The second kappa shape index (κ2) is 6.92. The minimum atomic E-state index is -0.221. The lowest BCUT2D eigenvalue weighted by Gasteiger charge is -2.48. The van der Waals surface area contributed by atoms with Crippen LogP contribution in [0.1, 0.15) is 36.8 Å². The maximum absolute atomic E-state index is 12.7. The molecule has 2 heterocycles. The molecule has 2 aromatic rings. The van der Waals surface area contributed by atoms with Crippen molar-refractivity contribution in [2.75, 3.05) is 25.5 Å². The van der Waals surface area contributed by atoms with Gasteiger partial charge in [0.25, 0.3) is 0 Å². The molecule has 2 aliphatic rings. The number of carbonyl (C=O) groups is 1. The first-order chi connectivity index (χ1) is 13.5. The van der Waals surface area contributed by atoms with Crippen molar-refractivity contribution in [3.63, 3.8) is 0 Å². The van der Waals surface area contributed by atoms with E-state index >= 15 is 0 Å². The quantitative estimate of drug-likeness (QED) is 0.894. The molecule has 1 aromatic carbocycles. The molecule has 1 aliphatic heterocycles. The van der Waals surface area contributed by atoms with E-state index in [1.165, 1.54) is 11.8 Å². The average molecular weight is 375 g/mol. The van der Waals surface area contributed by atoms with Gasteiger partial charge in [-0.2, -0.15) is 5.26 Å². The van der Waals surface area contributed by atoms with Crippen molar-refractivity contribution >= 4 is 11.8 Å². The lowest BCUT2D eigenvalue weighted by molar-refractivity contribution is 0.0657. The van der Waals surface area contributed by atoms with Gasteiger partial charge in [-0.3, -0.25) is 9.80 Å². The van der Waals surface area contributed by atoms with E-state index in [1.54, 1.807) is 17.0 Å². The van der Waals surface area contributed by atoms with Gasteiger partial charge in [-0.05, 0) is 57.5 Å². The predicted molar refractivity (Wildman–Crippen MR) is 108 cm³/mol. The molecule has 0 atom stereocenters. The highest BCUT2D eigenvalue weighted by Gasteiger charge is 2.50. The van der Waals surface area contributed by atoms with Gasteiger partial charge in [0.05, 0.1) is 17.6 Å². The predicted octanol–water partition coefficient (Wildman–Crippen LogP) is 3.25. The monoisotopic (exact) mass is 375 g/mol. The zero-order valence-electron chi connectivity index (χ0n) is 16.4. The molecule has 1 saturated heterocycles. The Hall–Kier alpha value is -2.91. The minimum absolute atomic E-state index is 0.00263. The molecule has 1 saturated carbocycles. The summed E-state index contributed by atoms with van der Waals surface area (Å²) >= 11 is 0. The molecular formula is C22H25N5O. The molecule has 1 aromatic heterocycles. The fourth-order valence-corrected chi connectivity index (χ4v) is 4.67. The molecular weight excluding hydrogens is 350 g/mol. The van der Waals surface area contributed by atoms with E-state index in [2.05, 4.69) is 65.7 Å². The molecule has 6 heteroatoms. The van der Waals surface area contributed by atoms with Gasteiger partial charge >= 0.3 is 6.03 Å². The van der Waals surface area contributed by atoms with Crippen LogP contribution < -0.4 is 10.2 Å². The highest BCUT2D eigenvalue weighted by atomic mass is 16.2. The summed E-state index contributed by atoms with van der Waals surface area (Å²) in [5.74, 6) is 0.598. The molecule has 0 bridgehead atoms. The van der Waals surface area contributed by atoms with Gasteiger partial charge in [-0.25, -0.2) is 9.78 Å². The molecule has 2 amide bonds. The molecule has 0 unspecified atom stereocenters. The number of nitrogens with one attached hydrogen (secondary N) is 1. The molecule has 0 radical (unpaired) electrons. The Balaban J connectivity index is 1.54. The number of hydrogen-bond acceptors (Lipinski definition) is 4. The first-order valence-electron chi connectivity index (χ1n) is 9.67. The number of pyridine rings is 1. The van der Waals surface area contributed by atoms with Crippen LogP contribution in [0.3, 0.4) is 0 Å². The van der Waals surface area contributed by atoms with Crippen LogP contribution in [0.2, 0.25) is 0 Å². The Morgan fingerprint density at radius 1 is 1.11 bits per heavy atom. The van der Waals surface area contributed by atoms with Gasteiger partial charge in [0.2, 0.25) is 0 Å². The molecule has 144 valence electrons. The number of carbonyl (C=O) groups excluding carboxylic acids is 1. The summed E-state index contributed by atoms with van der Waals surface area (Å²) in [5, 5.41) is 12.2. The van der Waals surface area contributed by atoms with Crippen LogP contribution in [-0.2, 0) is 5.54 Å². The SMILES string of the molecule is CN(C)[C@]1(c2ccccc2)CC[C@@]2(CC1)CN(c1ccc(C#N)cn1)C(=O)N2. The molecule has 1 N–H and O–H groups in total. The van der Waals surface area contributed by atoms with E-state index < -0.39 is 0 Å². The minimum Gasteiger partial charge on any atom is -0.330 e. The van der Waals surface area contributed by atoms with Crippen molar-refractivity contribution in [3.05, 3.63) is 59.8 Å². The standard InChI is InChI=1S/C22H25N5O/c1-26(2)22(18-6-4-3-5-7-18)12-10-21(11-13-22)16-27(20(28)25-21)19-9-8-17(14-23)15-24-19/h3-9,15H,10-13,16H2,1-2H3,(H,25,28)/t21-,22-. The fourth-order valence-electron chi connectivity index (χ4n) is 4.67. The number of hydrogen-bond donors (Lipinski definition) is 1. The lowest BCUT2D eigenvalue weighted by Crippen LogP contribution is -2.54. The van der Waals surface area contributed by atoms with Crippen LogP contribution in [0.5, 0.6) is 0 Å². The maximum Gasteiger partial charge on any atom is 0.323 e. The van der Waals surface area contributed by atoms with E-state index in [9.17, 15) is 4.79 Å². The van der Waals surface area contributed by atoms with E-state index in [4.69, 9.17) is 5.26 Å². The van der Waals surface area contributed by atoms with Crippen molar-refractivity contribution in [2.45, 2.75) is 36.8 Å². The Morgan fingerprint density at radius 2 is 1.82 bits per heavy atom. The Morgan fingerprint density at radius 3 is 2.39 bits per heavy atom. The van der Waals surface area contributed by atoms with Crippen molar-refractivity contribution in [3.8, 4) is 6.07 Å². The van der Waals surface area contributed by atoms with E-state index in [0.717, 1.165) is 25.7 Å². The summed E-state index contributed by atoms with van der Waals surface area (Å²) in [7, 11) is 4.29. The van der Waals surface area contributed by atoms with Crippen molar-refractivity contribution in [1.82, 2.24) is 15.2 Å². The molecule has 1 spiro atoms. The van der Waals surface area contributed by atoms with Gasteiger partial charge in [-0.15, -0.1) is 0 Å². The first-order valence-corrected chi connectivity index (χ1v) is 9.67. The van der Waals surface area contributed by atoms with Gasteiger partial charge in [-0.1, -0.05) is 30.3 Å². The summed E-state index contributed by atoms with van der Waals surface area (Å²) in [4.78, 5) is 21.0. The summed E-state index contributed by atoms with van der Waals surface area (Å²) in [5.41, 5.74) is 1.61. The maximum atomic E-state index is 12.7.